The number of hydrogen-bond donors (Lipinski definition) is 3. The van der Waals surface area contributed by atoms with E-state index >= 15 is 0 Å². The fraction of sp³-hybridized carbons (Fsp3) is 0.412. The van der Waals surface area contributed by atoms with Gasteiger partial charge in [0.05, 0.1) is 11.6 Å². The summed E-state index contributed by atoms with van der Waals surface area (Å²) in [6.07, 6.45) is 2.50. The lowest BCUT2D eigenvalue weighted by Gasteiger charge is -2.17. The van der Waals surface area contributed by atoms with Crippen LogP contribution in [0.5, 0.6) is 5.75 Å². The van der Waals surface area contributed by atoms with Crippen molar-refractivity contribution >= 4 is 5.91 Å². The molecule has 2 aromatic rings. The highest BCUT2D eigenvalue weighted by atomic mass is 16.5. The number of amides is 1. The van der Waals surface area contributed by atoms with Crippen LogP contribution in [0.4, 0.5) is 0 Å². The molecule has 0 fully saturated rings. The Hall–Kier alpha value is -2.34. The van der Waals surface area contributed by atoms with Crippen molar-refractivity contribution in [3.8, 4) is 5.75 Å². The maximum absolute atomic E-state index is 12.7. The van der Waals surface area contributed by atoms with Crippen molar-refractivity contribution in [1.29, 1.82) is 0 Å². The summed E-state index contributed by atoms with van der Waals surface area (Å²) < 4.78 is 5.58. The minimum Gasteiger partial charge on any atom is -0.491 e. The van der Waals surface area contributed by atoms with Gasteiger partial charge in [-0.2, -0.15) is 0 Å². The second kappa shape index (κ2) is 7.78. The predicted molar refractivity (Wildman–Crippen MR) is 89.6 cm³/mol. The molecule has 1 atom stereocenters. The lowest BCUT2D eigenvalue weighted by atomic mass is 10.1. The average molecular weight is 316 g/mol. The molecule has 6 heteroatoms. The number of aromatic amines is 1. The molecule has 0 unspecified atom stereocenters. The molecule has 4 N–H and O–H groups in total. The molecule has 23 heavy (non-hydrogen) atoms. The summed E-state index contributed by atoms with van der Waals surface area (Å²) in [6, 6.07) is 5.37. The van der Waals surface area contributed by atoms with Crippen LogP contribution in [-0.4, -0.2) is 29.0 Å². The van der Waals surface area contributed by atoms with Gasteiger partial charge in [-0.1, -0.05) is 18.6 Å². The minimum atomic E-state index is -0.179. The number of H-pyrrole nitrogens is 1. The third-order valence-electron chi connectivity index (χ3n) is 3.52. The summed E-state index contributed by atoms with van der Waals surface area (Å²) in [7, 11) is 0. The fourth-order valence-corrected chi connectivity index (χ4v) is 2.33. The van der Waals surface area contributed by atoms with E-state index in [1.54, 1.807) is 12.3 Å². The monoisotopic (exact) mass is 316 g/mol. The number of benzene rings is 1. The first-order chi connectivity index (χ1) is 11.0. The largest absolute Gasteiger partial charge is 0.491 e. The van der Waals surface area contributed by atoms with Gasteiger partial charge < -0.3 is 20.8 Å². The molecule has 0 bridgehead atoms. The van der Waals surface area contributed by atoms with Gasteiger partial charge in [0.15, 0.2) is 0 Å². The Bertz CT molecular complexity index is 666. The van der Waals surface area contributed by atoms with E-state index in [-0.39, 0.29) is 11.9 Å². The SMILES string of the molecule is CC[C@@H](NC(=O)c1cc(C)ccc1OCCN)c1ncc(C)[nH]1. The van der Waals surface area contributed by atoms with Gasteiger partial charge >= 0.3 is 0 Å². The molecule has 0 saturated heterocycles. The highest BCUT2D eigenvalue weighted by molar-refractivity contribution is 5.97. The van der Waals surface area contributed by atoms with Crippen molar-refractivity contribution in [2.75, 3.05) is 13.2 Å². The van der Waals surface area contributed by atoms with E-state index in [1.165, 1.54) is 0 Å². The average Bonchev–Trinajstić information content (AvgIpc) is 2.97. The Balaban J connectivity index is 2.20. The molecule has 6 nitrogen and oxygen atoms in total. The summed E-state index contributed by atoms with van der Waals surface area (Å²) in [5.74, 6) is 1.13. The highest BCUT2D eigenvalue weighted by Crippen LogP contribution is 2.22. The predicted octanol–water partition coefficient (Wildman–Crippen LogP) is 2.25. The standard InChI is InChI=1S/C17H24N4O2/c1-4-14(16-19-10-12(3)20-16)21-17(22)13-9-11(2)5-6-15(13)23-8-7-18/h5-6,9-10,14H,4,7-8,18H2,1-3H3,(H,19,20)(H,21,22)/t14-/m1/s1. The zero-order valence-electron chi connectivity index (χ0n) is 13.8. The maximum Gasteiger partial charge on any atom is 0.255 e. The number of ether oxygens (including phenoxy) is 1. The van der Waals surface area contributed by atoms with E-state index in [4.69, 9.17) is 10.5 Å². The van der Waals surface area contributed by atoms with Crippen LogP contribution in [0.3, 0.4) is 0 Å². The molecular weight excluding hydrogens is 292 g/mol. The molecule has 2 rings (SSSR count). The van der Waals surface area contributed by atoms with E-state index in [0.29, 0.717) is 24.5 Å². The Morgan fingerprint density at radius 2 is 2.22 bits per heavy atom. The lowest BCUT2D eigenvalue weighted by molar-refractivity contribution is 0.0929. The number of carbonyl (C=O) groups is 1. The van der Waals surface area contributed by atoms with Gasteiger partial charge in [0.1, 0.15) is 18.2 Å². The summed E-state index contributed by atoms with van der Waals surface area (Å²) in [6.45, 7) is 6.65. The summed E-state index contributed by atoms with van der Waals surface area (Å²) in [4.78, 5) is 20.1. The number of imidazole rings is 1. The third-order valence-corrected chi connectivity index (χ3v) is 3.52. The minimum absolute atomic E-state index is 0.168. The Morgan fingerprint density at radius 1 is 1.43 bits per heavy atom. The fourth-order valence-electron chi connectivity index (χ4n) is 2.33. The summed E-state index contributed by atoms with van der Waals surface area (Å²) in [5.41, 5.74) is 7.95. The van der Waals surface area contributed by atoms with E-state index in [0.717, 1.165) is 23.5 Å². The molecule has 1 aromatic carbocycles. The van der Waals surface area contributed by atoms with Crippen LogP contribution < -0.4 is 15.8 Å². The van der Waals surface area contributed by atoms with Crippen molar-refractivity contribution in [2.45, 2.75) is 33.2 Å². The number of carbonyl (C=O) groups excluding carboxylic acids is 1. The van der Waals surface area contributed by atoms with Crippen molar-refractivity contribution in [3.63, 3.8) is 0 Å². The van der Waals surface area contributed by atoms with Crippen LogP contribution in [0.2, 0.25) is 0 Å². The molecule has 1 aromatic heterocycles. The number of rotatable bonds is 7. The van der Waals surface area contributed by atoms with Crippen molar-refractivity contribution in [3.05, 3.63) is 47.0 Å². The molecule has 0 aliphatic heterocycles. The van der Waals surface area contributed by atoms with Gasteiger partial charge in [-0.3, -0.25) is 4.79 Å². The topological polar surface area (TPSA) is 93.0 Å². The number of nitrogens with zero attached hydrogens (tertiary/aromatic N) is 1. The van der Waals surface area contributed by atoms with Crippen LogP contribution in [0.15, 0.2) is 24.4 Å². The molecule has 0 saturated carbocycles. The molecule has 1 heterocycles. The van der Waals surface area contributed by atoms with E-state index in [9.17, 15) is 4.79 Å². The van der Waals surface area contributed by atoms with Gasteiger partial charge in [0.25, 0.3) is 5.91 Å². The highest BCUT2D eigenvalue weighted by Gasteiger charge is 2.19. The Morgan fingerprint density at radius 3 is 2.83 bits per heavy atom. The lowest BCUT2D eigenvalue weighted by Crippen LogP contribution is -2.29. The molecule has 1 amide bonds. The van der Waals surface area contributed by atoms with Crippen molar-refractivity contribution in [1.82, 2.24) is 15.3 Å². The van der Waals surface area contributed by atoms with Crippen LogP contribution >= 0.6 is 0 Å². The quantitative estimate of drug-likeness (QED) is 0.730. The van der Waals surface area contributed by atoms with Crippen LogP contribution in [0, 0.1) is 13.8 Å². The second-order valence-corrected chi connectivity index (χ2v) is 5.52. The Labute approximate surface area is 136 Å². The third kappa shape index (κ3) is 4.32. The first-order valence-corrected chi connectivity index (χ1v) is 7.81. The number of aromatic nitrogens is 2. The number of nitrogens with one attached hydrogen (secondary N) is 2. The van der Waals surface area contributed by atoms with Crippen molar-refractivity contribution in [2.24, 2.45) is 5.73 Å². The van der Waals surface area contributed by atoms with Crippen LogP contribution in [-0.2, 0) is 0 Å². The molecule has 0 aliphatic rings. The van der Waals surface area contributed by atoms with E-state index in [1.807, 2.05) is 32.9 Å². The number of aryl methyl sites for hydroxylation is 2. The summed E-state index contributed by atoms with van der Waals surface area (Å²) in [5, 5.41) is 3.01. The molecule has 124 valence electrons. The van der Waals surface area contributed by atoms with E-state index in [2.05, 4.69) is 15.3 Å². The van der Waals surface area contributed by atoms with Crippen LogP contribution in [0.25, 0.3) is 0 Å². The zero-order valence-corrected chi connectivity index (χ0v) is 13.8. The van der Waals surface area contributed by atoms with Gasteiger partial charge in [-0.05, 0) is 32.4 Å². The van der Waals surface area contributed by atoms with Gasteiger partial charge in [-0.25, -0.2) is 4.98 Å². The smallest absolute Gasteiger partial charge is 0.255 e. The van der Waals surface area contributed by atoms with Crippen molar-refractivity contribution < 1.29 is 9.53 Å². The molecule has 0 aliphatic carbocycles. The summed E-state index contributed by atoms with van der Waals surface area (Å²) >= 11 is 0. The van der Waals surface area contributed by atoms with Gasteiger partial charge in [0, 0.05) is 18.4 Å². The maximum atomic E-state index is 12.7. The first-order valence-electron chi connectivity index (χ1n) is 7.81. The van der Waals surface area contributed by atoms with Crippen LogP contribution in [0.1, 0.15) is 46.8 Å². The van der Waals surface area contributed by atoms with E-state index < -0.39 is 0 Å². The van der Waals surface area contributed by atoms with Gasteiger partial charge in [-0.15, -0.1) is 0 Å². The molecular formula is C17H24N4O2. The van der Waals surface area contributed by atoms with Gasteiger partial charge in [0.2, 0.25) is 0 Å². The zero-order chi connectivity index (χ0) is 16.8. The molecule has 0 spiro atoms. The second-order valence-electron chi connectivity index (χ2n) is 5.52. The normalized spacial score (nSPS) is 12.0. The molecule has 0 radical (unpaired) electrons. The Kier molecular flexibility index (Phi) is 5.76. The number of nitrogens with two attached hydrogens (primary N) is 1. The first kappa shape index (κ1) is 17.0. The number of hydrogen-bond acceptors (Lipinski definition) is 4.